The number of carbonyl (C=O) groups is 1. The quantitative estimate of drug-likeness (QED) is 0.863. The van der Waals surface area contributed by atoms with Crippen LogP contribution in [0.3, 0.4) is 0 Å². The van der Waals surface area contributed by atoms with Gasteiger partial charge in [0.15, 0.2) is 0 Å². The average molecular weight is 267 g/mol. The summed E-state index contributed by atoms with van der Waals surface area (Å²) in [6, 6.07) is 13.3. The minimum atomic E-state index is -0.0187. The molecule has 0 aromatic heterocycles. The minimum absolute atomic E-state index is 0.0187. The number of amides is 1. The highest BCUT2D eigenvalue weighted by atomic mass is 16.3. The van der Waals surface area contributed by atoms with E-state index in [0.717, 1.165) is 18.5 Å². The smallest absolute Gasteiger partial charge is 0.254 e. The monoisotopic (exact) mass is 267 g/mol. The van der Waals surface area contributed by atoms with Crippen LogP contribution in [0.2, 0.25) is 0 Å². The van der Waals surface area contributed by atoms with Crippen LogP contribution in [0.5, 0.6) is 5.75 Å². The second-order valence-electron chi connectivity index (χ2n) is 5.25. The molecule has 0 unspecified atom stereocenters. The number of phenols is 1. The number of hydrogen-bond donors (Lipinski definition) is 1. The van der Waals surface area contributed by atoms with Crippen LogP contribution in [0.1, 0.15) is 27.0 Å². The summed E-state index contributed by atoms with van der Waals surface area (Å²) in [7, 11) is 0. The molecule has 0 saturated carbocycles. The summed E-state index contributed by atoms with van der Waals surface area (Å²) < 4.78 is 0. The lowest BCUT2D eigenvalue weighted by atomic mass is 9.99. The molecule has 3 heteroatoms. The molecule has 1 amide bonds. The maximum Gasteiger partial charge on any atom is 0.254 e. The second-order valence-corrected chi connectivity index (χ2v) is 5.25. The molecule has 2 aromatic rings. The van der Waals surface area contributed by atoms with E-state index in [0.29, 0.717) is 12.1 Å². The molecule has 3 nitrogen and oxygen atoms in total. The van der Waals surface area contributed by atoms with E-state index < -0.39 is 0 Å². The average Bonchev–Trinajstić information content (AvgIpc) is 2.49. The van der Waals surface area contributed by atoms with Gasteiger partial charge in [0.2, 0.25) is 0 Å². The zero-order chi connectivity index (χ0) is 14.1. The van der Waals surface area contributed by atoms with Gasteiger partial charge in [-0.25, -0.2) is 0 Å². The van der Waals surface area contributed by atoms with Crippen molar-refractivity contribution in [3.8, 4) is 5.75 Å². The van der Waals surface area contributed by atoms with E-state index in [9.17, 15) is 9.90 Å². The van der Waals surface area contributed by atoms with Crippen LogP contribution < -0.4 is 0 Å². The SMILES string of the molecule is Cc1ccc(C(=O)N2CCc3ccccc3C2)cc1O. The third kappa shape index (κ3) is 2.27. The highest BCUT2D eigenvalue weighted by molar-refractivity contribution is 5.94. The highest BCUT2D eigenvalue weighted by Crippen LogP contribution is 2.23. The van der Waals surface area contributed by atoms with Gasteiger partial charge in [-0.05, 0) is 42.2 Å². The van der Waals surface area contributed by atoms with Gasteiger partial charge in [-0.1, -0.05) is 30.3 Å². The molecule has 0 radical (unpaired) electrons. The maximum atomic E-state index is 12.5. The Morgan fingerprint density at radius 3 is 2.65 bits per heavy atom. The molecule has 20 heavy (non-hydrogen) atoms. The molecule has 0 aliphatic carbocycles. The summed E-state index contributed by atoms with van der Waals surface area (Å²) in [5.74, 6) is 0.156. The van der Waals surface area contributed by atoms with Gasteiger partial charge in [-0.2, -0.15) is 0 Å². The summed E-state index contributed by atoms with van der Waals surface area (Å²) in [6.07, 6.45) is 0.889. The Bertz CT molecular complexity index is 664. The van der Waals surface area contributed by atoms with E-state index in [-0.39, 0.29) is 11.7 Å². The standard InChI is InChI=1S/C17H17NO2/c1-12-6-7-14(10-16(12)19)17(20)18-9-8-13-4-2-3-5-15(13)11-18/h2-7,10,19H,8-9,11H2,1H3. The first-order chi connectivity index (χ1) is 9.65. The van der Waals surface area contributed by atoms with Gasteiger partial charge in [-0.3, -0.25) is 4.79 Å². The van der Waals surface area contributed by atoms with Crippen LogP contribution in [0.15, 0.2) is 42.5 Å². The fraction of sp³-hybridized carbons (Fsp3) is 0.235. The molecule has 2 aromatic carbocycles. The summed E-state index contributed by atoms with van der Waals surface area (Å²) in [4.78, 5) is 14.3. The molecule has 0 bridgehead atoms. The Labute approximate surface area is 118 Å². The minimum Gasteiger partial charge on any atom is -0.508 e. The van der Waals surface area contributed by atoms with Gasteiger partial charge in [0.05, 0.1) is 0 Å². The van der Waals surface area contributed by atoms with E-state index in [1.165, 1.54) is 11.1 Å². The predicted molar refractivity (Wildman–Crippen MR) is 77.7 cm³/mol. The van der Waals surface area contributed by atoms with Crippen molar-refractivity contribution < 1.29 is 9.90 Å². The van der Waals surface area contributed by atoms with Gasteiger partial charge >= 0.3 is 0 Å². The summed E-state index contributed by atoms with van der Waals surface area (Å²) in [6.45, 7) is 3.19. The molecule has 1 aliphatic rings. The Balaban J connectivity index is 1.84. The van der Waals surface area contributed by atoms with E-state index in [1.54, 1.807) is 18.2 Å². The number of carbonyl (C=O) groups excluding carboxylic acids is 1. The van der Waals surface area contributed by atoms with Gasteiger partial charge in [0.1, 0.15) is 5.75 Å². The lowest BCUT2D eigenvalue weighted by molar-refractivity contribution is 0.0734. The number of benzene rings is 2. The zero-order valence-corrected chi connectivity index (χ0v) is 11.5. The number of nitrogens with zero attached hydrogens (tertiary/aromatic N) is 1. The molecule has 0 saturated heterocycles. The summed E-state index contributed by atoms with van der Waals surface area (Å²) in [5.41, 5.74) is 3.87. The molecule has 0 fully saturated rings. The van der Waals surface area contributed by atoms with Crippen molar-refractivity contribution in [1.82, 2.24) is 4.90 Å². The number of hydrogen-bond acceptors (Lipinski definition) is 2. The van der Waals surface area contributed by atoms with Crippen LogP contribution in [0, 0.1) is 6.92 Å². The van der Waals surface area contributed by atoms with Crippen LogP contribution in [0.4, 0.5) is 0 Å². The first kappa shape index (κ1) is 12.7. The van der Waals surface area contributed by atoms with Crippen LogP contribution >= 0.6 is 0 Å². The summed E-state index contributed by atoms with van der Waals surface area (Å²) >= 11 is 0. The topological polar surface area (TPSA) is 40.5 Å². The predicted octanol–water partition coefficient (Wildman–Crippen LogP) is 2.90. The zero-order valence-electron chi connectivity index (χ0n) is 11.5. The van der Waals surface area contributed by atoms with Crippen molar-refractivity contribution in [3.05, 3.63) is 64.7 Å². The first-order valence-corrected chi connectivity index (χ1v) is 6.81. The molecule has 102 valence electrons. The maximum absolute atomic E-state index is 12.5. The van der Waals surface area contributed by atoms with Gasteiger partial charge in [0.25, 0.3) is 5.91 Å². The fourth-order valence-electron chi connectivity index (χ4n) is 2.59. The third-order valence-corrected chi connectivity index (χ3v) is 3.87. The van der Waals surface area contributed by atoms with Crippen molar-refractivity contribution >= 4 is 5.91 Å². The fourth-order valence-corrected chi connectivity index (χ4v) is 2.59. The molecule has 1 aliphatic heterocycles. The number of aryl methyl sites for hydroxylation is 1. The van der Waals surface area contributed by atoms with E-state index in [2.05, 4.69) is 12.1 Å². The largest absolute Gasteiger partial charge is 0.508 e. The molecular formula is C17H17NO2. The van der Waals surface area contributed by atoms with Gasteiger partial charge in [-0.15, -0.1) is 0 Å². The lowest BCUT2D eigenvalue weighted by Gasteiger charge is -2.29. The highest BCUT2D eigenvalue weighted by Gasteiger charge is 2.21. The van der Waals surface area contributed by atoms with E-state index in [1.807, 2.05) is 24.0 Å². The first-order valence-electron chi connectivity index (χ1n) is 6.81. The Morgan fingerprint density at radius 2 is 1.90 bits per heavy atom. The van der Waals surface area contributed by atoms with Crippen LogP contribution in [-0.4, -0.2) is 22.5 Å². The van der Waals surface area contributed by atoms with Gasteiger partial charge < -0.3 is 10.0 Å². The van der Waals surface area contributed by atoms with Crippen molar-refractivity contribution in [3.63, 3.8) is 0 Å². The third-order valence-electron chi connectivity index (χ3n) is 3.87. The van der Waals surface area contributed by atoms with Crippen LogP contribution in [-0.2, 0) is 13.0 Å². The second kappa shape index (κ2) is 5.00. The molecular weight excluding hydrogens is 250 g/mol. The number of fused-ring (bicyclic) bond motifs is 1. The lowest BCUT2D eigenvalue weighted by Crippen LogP contribution is -2.35. The molecule has 1 N–H and O–H groups in total. The Kier molecular flexibility index (Phi) is 3.18. The number of rotatable bonds is 1. The number of phenolic OH excluding ortho intramolecular Hbond substituents is 1. The van der Waals surface area contributed by atoms with E-state index >= 15 is 0 Å². The van der Waals surface area contributed by atoms with Crippen molar-refractivity contribution in [2.75, 3.05) is 6.54 Å². The molecule has 3 rings (SSSR count). The normalized spacial score (nSPS) is 13.9. The van der Waals surface area contributed by atoms with Crippen molar-refractivity contribution in [2.24, 2.45) is 0 Å². The molecule has 0 atom stereocenters. The number of aromatic hydroxyl groups is 1. The van der Waals surface area contributed by atoms with Crippen molar-refractivity contribution in [2.45, 2.75) is 19.9 Å². The van der Waals surface area contributed by atoms with Crippen LogP contribution in [0.25, 0.3) is 0 Å². The Morgan fingerprint density at radius 1 is 1.15 bits per heavy atom. The molecule has 1 heterocycles. The molecule has 0 spiro atoms. The van der Waals surface area contributed by atoms with Crippen molar-refractivity contribution in [1.29, 1.82) is 0 Å². The van der Waals surface area contributed by atoms with Gasteiger partial charge in [0, 0.05) is 18.7 Å². The summed E-state index contributed by atoms with van der Waals surface area (Å²) in [5, 5.41) is 9.73. The van der Waals surface area contributed by atoms with E-state index in [4.69, 9.17) is 0 Å². The Hall–Kier alpha value is -2.29.